The highest BCUT2D eigenvalue weighted by Crippen LogP contribution is 2.61. The van der Waals surface area contributed by atoms with Crippen molar-refractivity contribution < 1.29 is 0 Å². The van der Waals surface area contributed by atoms with E-state index in [2.05, 4.69) is 15.3 Å². The van der Waals surface area contributed by atoms with Crippen LogP contribution in [0.15, 0.2) is 12.4 Å². The summed E-state index contributed by atoms with van der Waals surface area (Å²) in [6.07, 6.45) is 11.1. The Hall–Kier alpha value is -0.960. The van der Waals surface area contributed by atoms with Gasteiger partial charge in [0.05, 0.1) is 11.4 Å². The molecule has 3 heteroatoms. The monoisotopic (exact) mass is 229 g/mol. The van der Waals surface area contributed by atoms with Crippen LogP contribution in [0.4, 0.5) is 0 Å². The first-order chi connectivity index (χ1) is 8.35. The quantitative estimate of drug-likeness (QED) is 0.845. The number of nitrogens with one attached hydrogen (secondary N) is 1. The van der Waals surface area contributed by atoms with Crippen LogP contribution in [0, 0.1) is 5.41 Å². The number of hydrogen-bond donors (Lipinski definition) is 1. The largest absolute Gasteiger partial charge is 0.315 e. The number of hydrogen-bond acceptors (Lipinski definition) is 3. The fourth-order valence-corrected chi connectivity index (χ4v) is 3.55. The molecule has 0 unspecified atom stereocenters. The summed E-state index contributed by atoms with van der Waals surface area (Å²) in [6, 6.07) is 0. The van der Waals surface area contributed by atoms with Crippen molar-refractivity contribution in [3.8, 4) is 0 Å². The lowest BCUT2D eigenvalue weighted by molar-refractivity contribution is 0.00747. The van der Waals surface area contributed by atoms with Crippen molar-refractivity contribution in [1.29, 1.82) is 0 Å². The molecule has 0 radical (unpaired) electrons. The van der Waals surface area contributed by atoms with Crippen LogP contribution in [0.5, 0.6) is 0 Å². The molecule has 90 valence electrons. The van der Waals surface area contributed by atoms with Gasteiger partial charge in [-0.1, -0.05) is 6.42 Å². The Morgan fingerprint density at radius 2 is 1.65 bits per heavy atom. The maximum atomic E-state index is 4.64. The van der Waals surface area contributed by atoms with Crippen molar-refractivity contribution in [1.82, 2.24) is 15.3 Å². The third kappa shape index (κ3) is 1.52. The lowest BCUT2D eigenvalue weighted by Crippen LogP contribution is -2.42. The topological polar surface area (TPSA) is 37.8 Å². The molecule has 3 fully saturated rings. The van der Waals surface area contributed by atoms with Crippen LogP contribution in [0.2, 0.25) is 0 Å². The van der Waals surface area contributed by atoms with Gasteiger partial charge in [-0.3, -0.25) is 9.97 Å². The predicted octanol–water partition coefficient (Wildman–Crippen LogP) is 2.21. The van der Waals surface area contributed by atoms with E-state index in [9.17, 15) is 0 Å². The van der Waals surface area contributed by atoms with Gasteiger partial charge in [0.1, 0.15) is 0 Å². The second-order valence-corrected chi connectivity index (χ2v) is 6.18. The fourth-order valence-electron chi connectivity index (χ4n) is 3.55. The molecule has 0 aromatic carbocycles. The van der Waals surface area contributed by atoms with Crippen molar-refractivity contribution in [2.24, 2.45) is 5.41 Å². The Labute approximate surface area is 102 Å². The van der Waals surface area contributed by atoms with Crippen molar-refractivity contribution in [2.75, 3.05) is 13.1 Å². The van der Waals surface area contributed by atoms with E-state index in [1.807, 2.05) is 12.4 Å². The molecule has 2 aliphatic carbocycles. The minimum atomic E-state index is 0.607. The Balaban J connectivity index is 1.44. The third-order valence-electron chi connectivity index (χ3n) is 5.08. The average molecular weight is 229 g/mol. The van der Waals surface area contributed by atoms with Gasteiger partial charge in [-0.15, -0.1) is 0 Å². The SMILES string of the molecule is c1nc(C2CC3(CCC3)C2)cnc1C1CNC1. The zero-order chi connectivity index (χ0) is 11.3. The summed E-state index contributed by atoms with van der Waals surface area (Å²) in [5.41, 5.74) is 3.15. The zero-order valence-electron chi connectivity index (χ0n) is 10.2. The summed E-state index contributed by atoms with van der Waals surface area (Å²) >= 11 is 0. The minimum Gasteiger partial charge on any atom is -0.315 e. The van der Waals surface area contributed by atoms with Gasteiger partial charge in [-0.05, 0) is 31.1 Å². The molecule has 1 spiro atoms. The molecule has 3 nitrogen and oxygen atoms in total. The van der Waals surface area contributed by atoms with E-state index < -0.39 is 0 Å². The van der Waals surface area contributed by atoms with Crippen LogP contribution in [-0.4, -0.2) is 23.1 Å². The summed E-state index contributed by atoms with van der Waals surface area (Å²) in [7, 11) is 0. The lowest BCUT2D eigenvalue weighted by Gasteiger charge is -2.54. The van der Waals surface area contributed by atoms with Gasteiger partial charge >= 0.3 is 0 Å². The molecule has 0 bridgehead atoms. The van der Waals surface area contributed by atoms with Gasteiger partial charge in [0.25, 0.3) is 0 Å². The Morgan fingerprint density at radius 3 is 2.06 bits per heavy atom. The summed E-state index contributed by atoms with van der Waals surface area (Å²) in [6.45, 7) is 2.14. The van der Waals surface area contributed by atoms with E-state index in [4.69, 9.17) is 0 Å². The first-order valence-electron chi connectivity index (χ1n) is 6.87. The fraction of sp³-hybridized carbons (Fsp3) is 0.714. The van der Waals surface area contributed by atoms with Gasteiger partial charge in [0.2, 0.25) is 0 Å². The van der Waals surface area contributed by atoms with Crippen molar-refractivity contribution in [3.63, 3.8) is 0 Å². The molecule has 2 saturated carbocycles. The molecule has 2 heterocycles. The van der Waals surface area contributed by atoms with Gasteiger partial charge in [0.15, 0.2) is 0 Å². The maximum Gasteiger partial charge on any atom is 0.0643 e. The number of nitrogens with zero attached hydrogens (tertiary/aromatic N) is 2. The first-order valence-corrected chi connectivity index (χ1v) is 6.87. The molecule has 3 aliphatic rings. The van der Waals surface area contributed by atoms with Crippen molar-refractivity contribution in [2.45, 2.75) is 43.9 Å². The molecule has 0 amide bonds. The highest BCUT2D eigenvalue weighted by Gasteiger charge is 2.48. The number of aromatic nitrogens is 2. The zero-order valence-corrected chi connectivity index (χ0v) is 10.2. The van der Waals surface area contributed by atoms with Gasteiger partial charge in [-0.25, -0.2) is 0 Å². The van der Waals surface area contributed by atoms with Crippen LogP contribution in [-0.2, 0) is 0 Å². The average Bonchev–Trinajstić information content (AvgIpc) is 2.13. The van der Waals surface area contributed by atoms with Crippen LogP contribution < -0.4 is 5.32 Å². The van der Waals surface area contributed by atoms with E-state index in [-0.39, 0.29) is 0 Å². The van der Waals surface area contributed by atoms with Crippen LogP contribution in [0.25, 0.3) is 0 Å². The van der Waals surface area contributed by atoms with E-state index in [0.29, 0.717) is 11.8 Å². The Morgan fingerprint density at radius 1 is 1.00 bits per heavy atom. The van der Waals surface area contributed by atoms with Crippen LogP contribution in [0.1, 0.15) is 55.3 Å². The molecule has 1 aromatic rings. The normalized spacial score (nSPS) is 27.3. The molecule has 1 saturated heterocycles. The first kappa shape index (κ1) is 10.0. The Kier molecular flexibility index (Phi) is 2.07. The van der Waals surface area contributed by atoms with Gasteiger partial charge in [0, 0.05) is 37.3 Å². The second-order valence-electron chi connectivity index (χ2n) is 6.18. The summed E-state index contributed by atoms with van der Waals surface area (Å²) in [4.78, 5) is 9.23. The predicted molar refractivity (Wildman–Crippen MR) is 65.9 cm³/mol. The minimum absolute atomic E-state index is 0.607. The molecule has 0 atom stereocenters. The summed E-state index contributed by atoms with van der Waals surface area (Å²) < 4.78 is 0. The summed E-state index contributed by atoms with van der Waals surface area (Å²) in [5.74, 6) is 1.31. The Bertz CT molecular complexity index is 410. The van der Waals surface area contributed by atoms with E-state index >= 15 is 0 Å². The highest BCUT2D eigenvalue weighted by molar-refractivity contribution is 5.18. The molecule has 1 aromatic heterocycles. The molecule has 4 rings (SSSR count). The van der Waals surface area contributed by atoms with E-state index in [0.717, 1.165) is 18.5 Å². The smallest absolute Gasteiger partial charge is 0.0643 e. The summed E-state index contributed by atoms with van der Waals surface area (Å²) in [5, 5.41) is 3.28. The van der Waals surface area contributed by atoms with E-state index in [1.165, 1.54) is 43.5 Å². The molecular formula is C14H19N3. The van der Waals surface area contributed by atoms with Crippen molar-refractivity contribution in [3.05, 3.63) is 23.8 Å². The highest BCUT2D eigenvalue weighted by atomic mass is 15.0. The second kappa shape index (κ2) is 3.52. The van der Waals surface area contributed by atoms with Crippen LogP contribution >= 0.6 is 0 Å². The lowest BCUT2D eigenvalue weighted by atomic mass is 9.51. The molecular weight excluding hydrogens is 210 g/mol. The van der Waals surface area contributed by atoms with Gasteiger partial charge in [-0.2, -0.15) is 0 Å². The third-order valence-corrected chi connectivity index (χ3v) is 5.08. The van der Waals surface area contributed by atoms with Crippen LogP contribution in [0.3, 0.4) is 0 Å². The number of rotatable bonds is 2. The molecule has 1 aliphatic heterocycles. The van der Waals surface area contributed by atoms with E-state index in [1.54, 1.807) is 0 Å². The van der Waals surface area contributed by atoms with Crippen molar-refractivity contribution >= 4 is 0 Å². The van der Waals surface area contributed by atoms with Gasteiger partial charge < -0.3 is 5.32 Å². The standard InChI is InChI=1S/C14H19N3/c1-2-14(3-1)4-10(5-14)12-8-17-13(9-16-12)11-6-15-7-11/h8-11,15H,1-7H2. The maximum absolute atomic E-state index is 4.64. The molecule has 17 heavy (non-hydrogen) atoms. The molecule has 1 N–H and O–H groups in total.